The summed E-state index contributed by atoms with van der Waals surface area (Å²) in [6.07, 6.45) is 4.46. The normalized spacial score (nSPS) is 17.9. The van der Waals surface area contributed by atoms with Gasteiger partial charge in [-0.2, -0.15) is 0 Å². The summed E-state index contributed by atoms with van der Waals surface area (Å²) in [5, 5.41) is 4.04. The van der Waals surface area contributed by atoms with E-state index >= 15 is 0 Å². The van der Waals surface area contributed by atoms with Crippen molar-refractivity contribution in [2.24, 2.45) is 0 Å². The second-order valence-electron chi connectivity index (χ2n) is 5.94. The van der Waals surface area contributed by atoms with Crippen molar-refractivity contribution in [1.82, 2.24) is 15.3 Å². The number of aryl methyl sites for hydroxylation is 1. The predicted octanol–water partition coefficient (Wildman–Crippen LogP) is 3.14. The molecule has 1 fully saturated rings. The molecule has 1 aliphatic heterocycles. The highest BCUT2D eigenvalue weighted by molar-refractivity contribution is 5.94. The lowest BCUT2D eigenvalue weighted by Gasteiger charge is -2.09. The van der Waals surface area contributed by atoms with Crippen LogP contribution in [0.2, 0.25) is 0 Å². The molecule has 1 amide bonds. The molecule has 0 aliphatic carbocycles. The van der Waals surface area contributed by atoms with Crippen LogP contribution in [-0.2, 0) is 4.79 Å². The first-order chi connectivity index (χ1) is 10.7. The van der Waals surface area contributed by atoms with Gasteiger partial charge in [-0.15, -0.1) is 0 Å². The van der Waals surface area contributed by atoms with Crippen molar-refractivity contribution in [2.45, 2.75) is 19.3 Å². The molecule has 1 atom stereocenters. The van der Waals surface area contributed by atoms with Crippen LogP contribution in [-0.4, -0.2) is 22.4 Å². The highest BCUT2D eigenvalue weighted by Gasteiger charge is 2.23. The Bertz CT molecular complexity index is 866. The molecule has 0 bridgehead atoms. The number of fused-ring (bicyclic) bond motifs is 1. The summed E-state index contributed by atoms with van der Waals surface area (Å²) < 4.78 is 0. The van der Waals surface area contributed by atoms with Crippen molar-refractivity contribution >= 4 is 16.9 Å². The van der Waals surface area contributed by atoms with E-state index in [1.165, 1.54) is 5.56 Å². The minimum Gasteiger partial charge on any atom is -0.355 e. The number of pyridine rings is 1. The van der Waals surface area contributed by atoms with Crippen LogP contribution in [0.5, 0.6) is 0 Å². The van der Waals surface area contributed by atoms with Gasteiger partial charge in [0.05, 0.1) is 0 Å². The zero-order valence-corrected chi connectivity index (χ0v) is 12.4. The van der Waals surface area contributed by atoms with E-state index in [4.69, 9.17) is 0 Å². The number of hydrogen-bond donors (Lipinski definition) is 2. The van der Waals surface area contributed by atoms with Crippen LogP contribution < -0.4 is 5.32 Å². The lowest BCUT2D eigenvalue weighted by atomic mass is 9.94. The Morgan fingerprint density at radius 2 is 2.18 bits per heavy atom. The summed E-state index contributed by atoms with van der Waals surface area (Å²) in [5.41, 5.74) is 5.59. The molecule has 2 aromatic heterocycles. The van der Waals surface area contributed by atoms with Gasteiger partial charge >= 0.3 is 0 Å². The maximum absolute atomic E-state index is 11.4. The van der Waals surface area contributed by atoms with E-state index < -0.39 is 0 Å². The molecule has 2 N–H and O–H groups in total. The summed E-state index contributed by atoms with van der Waals surface area (Å²) in [4.78, 5) is 19.1. The third-order valence-electron chi connectivity index (χ3n) is 4.31. The van der Waals surface area contributed by atoms with Crippen LogP contribution in [0, 0.1) is 6.92 Å². The Kier molecular flexibility index (Phi) is 2.96. The van der Waals surface area contributed by atoms with Crippen LogP contribution in [0.1, 0.15) is 23.5 Å². The molecule has 110 valence electrons. The largest absolute Gasteiger partial charge is 0.355 e. The second-order valence-corrected chi connectivity index (χ2v) is 5.94. The van der Waals surface area contributed by atoms with Crippen molar-refractivity contribution in [2.75, 3.05) is 6.54 Å². The number of carbonyl (C=O) groups excluding carboxylic acids is 1. The molecule has 3 aromatic rings. The number of hydrogen-bond acceptors (Lipinski definition) is 2. The van der Waals surface area contributed by atoms with E-state index in [9.17, 15) is 4.79 Å². The number of carbonyl (C=O) groups is 1. The molecule has 0 spiro atoms. The summed E-state index contributed by atoms with van der Waals surface area (Å²) in [6, 6.07) is 10.6. The van der Waals surface area contributed by atoms with Crippen LogP contribution in [0.4, 0.5) is 0 Å². The lowest BCUT2D eigenvalue weighted by molar-refractivity contribution is -0.119. The fourth-order valence-corrected chi connectivity index (χ4v) is 3.15. The summed E-state index contributed by atoms with van der Waals surface area (Å²) >= 11 is 0. The maximum Gasteiger partial charge on any atom is 0.220 e. The Morgan fingerprint density at radius 3 is 3.00 bits per heavy atom. The van der Waals surface area contributed by atoms with Gasteiger partial charge in [-0.05, 0) is 29.7 Å². The molecule has 1 unspecified atom stereocenters. The zero-order valence-electron chi connectivity index (χ0n) is 12.4. The number of H-pyrrole nitrogens is 1. The highest BCUT2D eigenvalue weighted by atomic mass is 16.1. The first-order valence-corrected chi connectivity index (χ1v) is 7.51. The van der Waals surface area contributed by atoms with Gasteiger partial charge in [0.25, 0.3) is 0 Å². The van der Waals surface area contributed by atoms with Gasteiger partial charge in [-0.3, -0.25) is 4.79 Å². The molecule has 1 aliphatic rings. The number of amides is 1. The number of aromatic nitrogens is 2. The van der Waals surface area contributed by atoms with Gasteiger partial charge < -0.3 is 10.3 Å². The smallest absolute Gasteiger partial charge is 0.220 e. The van der Waals surface area contributed by atoms with E-state index in [1.807, 2.05) is 12.4 Å². The van der Waals surface area contributed by atoms with E-state index in [2.05, 4.69) is 52.5 Å². The molecule has 22 heavy (non-hydrogen) atoms. The van der Waals surface area contributed by atoms with Crippen LogP contribution in [0.3, 0.4) is 0 Å². The van der Waals surface area contributed by atoms with Gasteiger partial charge in [-0.25, -0.2) is 4.98 Å². The monoisotopic (exact) mass is 291 g/mol. The van der Waals surface area contributed by atoms with E-state index in [0.29, 0.717) is 6.42 Å². The lowest BCUT2D eigenvalue weighted by Crippen LogP contribution is -2.13. The Balaban J connectivity index is 1.78. The number of rotatable bonds is 2. The molecule has 0 saturated carbocycles. The predicted molar refractivity (Wildman–Crippen MR) is 86.6 cm³/mol. The Morgan fingerprint density at radius 1 is 1.27 bits per heavy atom. The fraction of sp³-hybridized carbons (Fsp3) is 0.222. The zero-order chi connectivity index (χ0) is 15.1. The summed E-state index contributed by atoms with van der Waals surface area (Å²) in [5.74, 6) is 0.417. The van der Waals surface area contributed by atoms with Crippen LogP contribution in [0.15, 0.2) is 42.7 Å². The topological polar surface area (TPSA) is 57.8 Å². The van der Waals surface area contributed by atoms with E-state index in [0.717, 1.165) is 34.3 Å². The SMILES string of the molecule is Cc1cnc2[nH]cc(-c3cccc(C4CNC(=O)C4)c3)c2c1. The second kappa shape index (κ2) is 4.98. The van der Waals surface area contributed by atoms with Gasteiger partial charge in [0.15, 0.2) is 0 Å². The Labute approximate surface area is 128 Å². The standard InChI is InChI=1S/C18H17N3O/c1-11-5-15-16(10-21-18(15)20-8-11)13-4-2-3-12(6-13)14-7-17(22)19-9-14/h2-6,8,10,14H,7,9H2,1H3,(H,19,22)(H,20,21). The van der Waals surface area contributed by atoms with Crippen molar-refractivity contribution in [1.29, 1.82) is 0 Å². The van der Waals surface area contributed by atoms with Gasteiger partial charge in [0, 0.05) is 42.2 Å². The number of benzene rings is 1. The van der Waals surface area contributed by atoms with Crippen LogP contribution in [0.25, 0.3) is 22.2 Å². The average molecular weight is 291 g/mol. The Hall–Kier alpha value is -2.62. The molecular weight excluding hydrogens is 274 g/mol. The molecule has 1 saturated heterocycles. The third kappa shape index (κ3) is 2.17. The van der Waals surface area contributed by atoms with Crippen molar-refractivity contribution in [3.63, 3.8) is 0 Å². The van der Waals surface area contributed by atoms with E-state index in [1.54, 1.807) is 0 Å². The molecular formula is C18H17N3O. The van der Waals surface area contributed by atoms with E-state index in [-0.39, 0.29) is 11.8 Å². The number of nitrogens with zero attached hydrogens (tertiary/aromatic N) is 1. The van der Waals surface area contributed by atoms with Gasteiger partial charge in [-0.1, -0.05) is 24.3 Å². The molecule has 4 heteroatoms. The molecule has 1 aromatic carbocycles. The number of nitrogens with one attached hydrogen (secondary N) is 2. The molecule has 4 rings (SSSR count). The molecule has 4 nitrogen and oxygen atoms in total. The van der Waals surface area contributed by atoms with Crippen molar-refractivity contribution in [3.8, 4) is 11.1 Å². The third-order valence-corrected chi connectivity index (χ3v) is 4.31. The first kappa shape index (κ1) is 13.1. The minimum atomic E-state index is 0.141. The van der Waals surface area contributed by atoms with Crippen molar-refractivity contribution < 1.29 is 4.79 Å². The number of aromatic amines is 1. The minimum absolute atomic E-state index is 0.141. The first-order valence-electron chi connectivity index (χ1n) is 7.51. The molecule has 3 heterocycles. The van der Waals surface area contributed by atoms with Crippen molar-refractivity contribution in [3.05, 3.63) is 53.9 Å². The fourth-order valence-electron chi connectivity index (χ4n) is 3.15. The quantitative estimate of drug-likeness (QED) is 0.762. The van der Waals surface area contributed by atoms with Crippen LogP contribution >= 0.6 is 0 Å². The highest BCUT2D eigenvalue weighted by Crippen LogP contribution is 2.31. The summed E-state index contributed by atoms with van der Waals surface area (Å²) in [7, 11) is 0. The maximum atomic E-state index is 11.4. The molecule has 0 radical (unpaired) electrons. The summed E-state index contributed by atoms with van der Waals surface area (Å²) in [6.45, 7) is 2.78. The van der Waals surface area contributed by atoms with Gasteiger partial charge in [0.1, 0.15) is 5.65 Å². The van der Waals surface area contributed by atoms with Gasteiger partial charge in [0.2, 0.25) is 5.91 Å². The average Bonchev–Trinajstić information content (AvgIpc) is 3.13.